The Hall–Kier alpha value is -0.180. The van der Waals surface area contributed by atoms with Crippen molar-refractivity contribution in [3.8, 4) is 0 Å². The molecule has 0 amide bonds. The van der Waals surface area contributed by atoms with Gasteiger partial charge in [-0.2, -0.15) is 0 Å². The van der Waals surface area contributed by atoms with Crippen LogP contribution in [-0.4, -0.2) is 54.2 Å². The highest BCUT2D eigenvalue weighted by Crippen LogP contribution is 1.91. The van der Waals surface area contributed by atoms with E-state index in [4.69, 9.17) is 0 Å². The Bertz CT molecular complexity index is 375. The van der Waals surface area contributed by atoms with Gasteiger partial charge in [-0.3, -0.25) is 0 Å². The highest BCUT2D eigenvalue weighted by molar-refractivity contribution is 7.91. The van der Waals surface area contributed by atoms with E-state index in [1.165, 1.54) is 0 Å². The van der Waals surface area contributed by atoms with Gasteiger partial charge in [-0.15, -0.1) is 0 Å². The van der Waals surface area contributed by atoms with Crippen molar-refractivity contribution in [3.05, 3.63) is 0 Å². The fourth-order valence-corrected chi connectivity index (χ4v) is 2.84. The van der Waals surface area contributed by atoms with E-state index < -0.39 is 19.9 Å². The lowest BCUT2D eigenvalue weighted by Gasteiger charge is -2.05. The van der Waals surface area contributed by atoms with Gasteiger partial charge in [0.2, 0.25) is 10.0 Å². The molecular weight excluding hydrogens is 252 g/mol. The summed E-state index contributed by atoms with van der Waals surface area (Å²) in [5.74, 6) is 0.302. The van der Waals surface area contributed by atoms with Crippen molar-refractivity contribution in [2.45, 2.75) is 13.3 Å². The summed E-state index contributed by atoms with van der Waals surface area (Å²) in [7, 11) is -6.10. The van der Waals surface area contributed by atoms with Gasteiger partial charge >= 0.3 is 0 Å². The SMILES string of the molecule is CCCS(=O)(=O)CCNCCNS(C)(=O)=O. The van der Waals surface area contributed by atoms with Crippen LogP contribution in [0, 0.1) is 0 Å². The van der Waals surface area contributed by atoms with E-state index in [2.05, 4.69) is 10.0 Å². The summed E-state index contributed by atoms with van der Waals surface area (Å²) in [4.78, 5) is 0. The Morgan fingerprint density at radius 1 is 0.938 bits per heavy atom. The van der Waals surface area contributed by atoms with Gasteiger partial charge in [0.1, 0.15) is 0 Å². The van der Waals surface area contributed by atoms with Crippen LogP contribution in [0.5, 0.6) is 0 Å². The molecule has 0 aliphatic rings. The molecule has 0 saturated carbocycles. The molecule has 0 aromatic heterocycles. The first kappa shape index (κ1) is 15.8. The van der Waals surface area contributed by atoms with Crippen molar-refractivity contribution in [2.75, 3.05) is 37.4 Å². The Labute approximate surface area is 97.8 Å². The van der Waals surface area contributed by atoms with Crippen LogP contribution in [0.3, 0.4) is 0 Å². The molecule has 0 fully saturated rings. The molecule has 16 heavy (non-hydrogen) atoms. The lowest BCUT2D eigenvalue weighted by atomic mass is 10.6. The molecule has 0 rings (SSSR count). The zero-order valence-electron chi connectivity index (χ0n) is 9.69. The molecule has 0 aliphatic carbocycles. The van der Waals surface area contributed by atoms with Crippen LogP contribution in [0.4, 0.5) is 0 Å². The molecular formula is C8H20N2O4S2. The van der Waals surface area contributed by atoms with Crippen LogP contribution >= 0.6 is 0 Å². The van der Waals surface area contributed by atoms with Crippen molar-refractivity contribution in [1.29, 1.82) is 0 Å². The second kappa shape index (κ2) is 7.21. The lowest BCUT2D eigenvalue weighted by molar-refractivity contribution is 0.578. The summed E-state index contributed by atoms with van der Waals surface area (Å²) in [5.41, 5.74) is 0. The summed E-state index contributed by atoms with van der Waals surface area (Å²) < 4.78 is 46.2. The second-order valence-electron chi connectivity index (χ2n) is 3.57. The van der Waals surface area contributed by atoms with Crippen LogP contribution in [0.15, 0.2) is 0 Å². The standard InChI is InChI=1S/C8H20N2O4S2/c1-3-7-16(13,14)8-6-9-4-5-10-15(2,11)12/h9-10H,3-8H2,1-2H3. The topological polar surface area (TPSA) is 92.3 Å². The number of sulfonamides is 1. The van der Waals surface area contributed by atoms with E-state index in [0.717, 1.165) is 6.26 Å². The van der Waals surface area contributed by atoms with Gasteiger partial charge in [0.05, 0.1) is 12.0 Å². The maximum Gasteiger partial charge on any atom is 0.208 e. The minimum atomic E-state index is -3.16. The van der Waals surface area contributed by atoms with E-state index in [0.29, 0.717) is 19.5 Å². The van der Waals surface area contributed by atoms with Gasteiger partial charge in [0.15, 0.2) is 9.84 Å². The Morgan fingerprint density at radius 3 is 2.06 bits per heavy atom. The van der Waals surface area contributed by atoms with Crippen molar-refractivity contribution in [2.24, 2.45) is 0 Å². The third kappa shape index (κ3) is 10.3. The molecule has 0 heterocycles. The Kier molecular flexibility index (Phi) is 7.12. The highest BCUT2D eigenvalue weighted by atomic mass is 32.2. The fourth-order valence-electron chi connectivity index (χ4n) is 1.09. The van der Waals surface area contributed by atoms with Gasteiger partial charge < -0.3 is 5.32 Å². The Balaban J connectivity index is 3.55. The predicted octanol–water partition coefficient (Wildman–Crippen LogP) is -1.05. The van der Waals surface area contributed by atoms with E-state index in [9.17, 15) is 16.8 Å². The number of hydrogen-bond donors (Lipinski definition) is 2. The smallest absolute Gasteiger partial charge is 0.208 e. The van der Waals surface area contributed by atoms with Gasteiger partial charge in [-0.05, 0) is 6.42 Å². The number of nitrogens with one attached hydrogen (secondary N) is 2. The third-order valence-corrected chi connectivity index (χ3v) is 4.36. The number of rotatable bonds is 9. The molecule has 0 radical (unpaired) electrons. The molecule has 0 saturated heterocycles. The van der Waals surface area contributed by atoms with Crippen LogP contribution < -0.4 is 10.0 Å². The lowest BCUT2D eigenvalue weighted by Crippen LogP contribution is -2.33. The average molecular weight is 272 g/mol. The van der Waals surface area contributed by atoms with Gasteiger partial charge in [0.25, 0.3) is 0 Å². The van der Waals surface area contributed by atoms with Crippen LogP contribution in [0.25, 0.3) is 0 Å². The first-order valence-corrected chi connectivity index (χ1v) is 8.84. The fraction of sp³-hybridized carbons (Fsp3) is 1.00. The molecule has 0 unspecified atom stereocenters. The number of hydrogen-bond acceptors (Lipinski definition) is 5. The zero-order valence-corrected chi connectivity index (χ0v) is 11.3. The molecule has 0 aromatic carbocycles. The normalized spacial score (nSPS) is 12.9. The zero-order chi connectivity index (χ0) is 12.7. The maximum atomic E-state index is 11.3. The quantitative estimate of drug-likeness (QED) is 0.523. The molecule has 6 nitrogen and oxygen atoms in total. The van der Waals surface area contributed by atoms with Crippen molar-refractivity contribution in [1.82, 2.24) is 10.0 Å². The summed E-state index contributed by atoms with van der Waals surface area (Å²) in [6, 6.07) is 0. The van der Waals surface area contributed by atoms with Crippen molar-refractivity contribution >= 4 is 19.9 Å². The van der Waals surface area contributed by atoms with E-state index >= 15 is 0 Å². The molecule has 0 aromatic rings. The van der Waals surface area contributed by atoms with Crippen molar-refractivity contribution in [3.63, 3.8) is 0 Å². The highest BCUT2D eigenvalue weighted by Gasteiger charge is 2.07. The van der Waals surface area contributed by atoms with Gasteiger partial charge in [-0.25, -0.2) is 21.6 Å². The third-order valence-electron chi connectivity index (χ3n) is 1.77. The van der Waals surface area contributed by atoms with Crippen molar-refractivity contribution < 1.29 is 16.8 Å². The van der Waals surface area contributed by atoms with Gasteiger partial charge in [0, 0.05) is 25.4 Å². The monoisotopic (exact) mass is 272 g/mol. The van der Waals surface area contributed by atoms with Crippen LogP contribution in [0.1, 0.15) is 13.3 Å². The average Bonchev–Trinajstić information content (AvgIpc) is 2.09. The molecule has 0 bridgehead atoms. The molecule has 98 valence electrons. The minimum absolute atomic E-state index is 0.0969. The first-order valence-electron chi connectivity index (χ1n) is 5.12. The minimum Gasteiger partial charge on any atom is -0.314 e. The second-order valence-corrected chi connectivity index (χ2v) is 7.70. The van der Waals surface area contributed by atoms with Crippen LogP contribution in [-0.2, 0) is 19.9 Å². The molecule has 0 atom stereocenters. The van der Waals surface area contributed by atoms with Gasteiger partial charge in [-0.1, -0.05) is 6.92 Å². The van der Waals surface area contributed by atoms with E-state index in [-0.39, 0.29) is 18.1 Å². The summed E-state index contributed by atoms with van der Waals surface area (Å²) >= 11 is 0. The molecule has 8 heteroatoms. The van der Waals surface area contributed by atoms with E-state index in [1.807, 2.05) is 6.92 Å². The summed E-state index contributed by atoms with van der Waals surface area (Å²) in [6.45, 7) is 2.87. The predicted molar refractivity (Wildman–Crippen MR) is 64.7 cm³/mol. The van der Waals surface area contributed by atoms with E-state index in [1.54, 1.807) is 0 Å². The Morgan fingerprint density at radius 2 is 1.56 bits per heavy atom. The molecule has 0 spiro atoms. The largest absolute Gasteiger partial charge is 0.314 e. The summed E-state index contributed by atoms with van der Waals surface area (Å²) in [6.07, 6.45) is 1.71. The first-order chi connectivity index (χ1) is 7.27. The molecule has 0 aliphatic heterocycles. The number of sulfone groups is 1. The maximum absolute atomic E-state index is 11.3. The van der Waals surface area contributed by atoms with Crippen LogP contribution in [0.2, 0.25) is 0 Å². The molecule has 2 N–H and O–H groups in total. The summed E-state index contributed by atoms with van der Waals surface area (Å²) in [5, 5.41) is 2.87.